The standard InChI is InChI=1S/C15H18ClN5O/c1-17-13-5-4-11(16)8-12(13)15-19-18-10-21(15)9-14(22)20-6-2-3-7-20/h4-5,8,10,17H,2-3,6-7,9H2,1H3. The zero-order valence-corrected chi connectivity index (χ0v) is 13.2. The molecule has 116 valence electrons. The summed E-state index contributed by atoms with van der Waals surface area (Å²) >= 11 is 6.09. The molecule has 2 heterocycles. The lowest BCUT2D eigenvalue weighted by Gasteiger charge is -2.16. The molecule has 0 aliphatic carbocycles. The van der Waals surface area contributed by atoms with Gasteiger partial charge in [-0.15, -0.1) is 10.2 Å². The van der Waals surface area contributed by atoms with E-state index in [0.717, 1.165) is 37.2 Å². The van der Waals surface area contributed by atoms with Gasteiger partial charge in [-0.05, 0) is 31.0 Å². The quantitative estimate of drug-likeness (QED) is 0.939. The van der Waals surface area contributed by atoms with E-state index in [-0.39, 0.29) is 12.5 Å². The van der Waals surface area contributed by atoms with E-state index in [9.17, 15) is 4.79 Å². The second-order valence-corrected chi connectivity index (χ2v) is 5.75. The monoisotopic (exact) mass is 319 g/mol. The molecule has 1 N–H and O–H groups in total. The summed E-state index contributed by atoms with van der Waals surface area (Å²) in [6.07, 6.45) is 3.75. The van der Waals surface area contributed by atoms with Crippen LogP contribution in [0.1, 0.15) is 12.8 Å². The first-order chi connectivity index (χ1) is 10.7. The van der Waals surface area contributed by atoms with Gasteiger partial charge in [0.25, 0.3) is 0 Å². The smallest absolute Gasteiger partial charge is 0.242 e. The number of hydrogen-bond donors (Lipinski definition) is 1. The minimum absolute atomic E-state index is 0.103. The molecule has 1 aromatic carbocycles. The lowest BCUT2D eigenvalue weighted by molar-refractivity contribution is -0.130. The highest BCUT2D eigenvalue weighted by Gasteiger charge is 2.20. The van der Waals surface area contributed by atoms with Gasteiger partial charge in [0, 0.05) is 36.4 Å². The number of anilines is 1. The van der Waals surface area contributed by atoms with Gasteiger partial charge in [0.05, 0.1) is 0 Å². The van der Waals surface area contributed by atoms with Crippen molar-refractivity contribution in [1.29, 1.82) is 0 Å². The molecule has 1 aliphatic rings. The van der Waals surface area contributed by atoms with Gasteiger partial charge in [0.15, 0.2) is 5.82 Å². The average Bonchev–Trinajstić information content (AvgIpc) is 3.18. The molecule has 0 atom stereocenters. The van der Waals surface area contributed by atoms with E-state index >= 15 is 0 Å². The van der Waals surface area contributed by atoms with Crippen LogP contribution in [0.2, 0.25) is 5.02 Å². The maximum absolute atomic E-state index is 12.3. The number of likely N-dealkylation sites (tertiary alicyclic amines) is 1. The largest absolute Gasteiger partial charge is 0.388 e. The topological polar surface area (TPSA) is 63.1 Å². The van der Waals surface area contributed by atoms with Crippen LogP contribution in [0.5, 0.6) is 0 Å². The first kappa shape index (κ1) is 14.8. The van der Waals surface area contributed by atoms with Gasteiger partial charge in [0.1, 0.15) is 12.9 Å². The molecule has 3 rings (SSSR count). The maximum Gasteiger partial charge on any atom is 0.242 e. The maximum atomic E-state index is 12.3. The molecule has 0 saturated carbocycles. The van der Waals surface area contributed by atoms with Crippen molar-refractivity contribution in [3.05, 3.63) is 29.5 Å². The van der Waals surface area contributed by atoms with Crippen molar-refractivity contribution in [2.45, 2.75) is 19.4 Å². The Kier molecular flexibility index (Phi) is 4.29. The normalized spacial score (nSPS) is 14.4. The van der Waals surface area contributed by atoms with E-state index in [0.29, 0.717) is 10.8 Å². The van der Waals surface area contributed by atoms with E-state index in [1.807, 2.05) is 30.1 Å². The van der Waals surface area contributed by atoms with Crippen molar-refractivity contribution < 1.29 is 4.79 Å². The number of nitrogens with zero attached hydrogens (tertiary/aromatic N) is 4. The highest BCUT2D eigenvalue weighted by molar-refractivity contribution is 6.31. The third kappa shape index (κ3) is 2.92. The van der Waals surface area contributed by atoms with Crippen molar-refractivity contribution in [2.75, 3.05) is 25.5 Å². The molecule has 7 heteroatoms. The summed E-state index contributed by atoms with van der Waals surface area (Å²) in [7, 11) is 1.84. The van der Waals surface area contributed by atoms with Crippen LogP contribution in [0.25, 0.3) is 11.4 Å². The first-order valence-electron chi connectivity index (χ1n) is 7.32. The van der Waals surface area contributed by atoms with Crippen molar-refractivity contribution >= 4 is 23.2 Å². The summed E-state index contributed by atoms with van der Waals surface area (Å²) in [6.45, 7) is 1.93. The summed E-state index contributed by atoms with van der Waals surface area (Å²) in [5.41, 5.74) is 1.73. The molecule has 0 radical (unpaired) electrons. The van der Waals surface area contributed by atoms with Crippen molar-refractivity contribution in [2.24, 2.45) is 0 Å². The fourth-order valence-corrected chi connectivity index (χ4v) is 2.88. The van der Waals surface area contributed by atoms with Gasteiger partial charge in [0.2, 0.25) is 5.91 Å². The molecule has 0 bridgehead atoms. The summed E-state index contributed by atoms with van der Waals surface area (Å²) in [4.78, 5) is 14.2. The Bertz CT molecular complexity index is 678. The zero-order chi connectivity index (χ0) is 15.5. The van der Waals surface area contributed by atoms with Crippen LogP contribution in [0.4, 0.5) is 5.69 Å². The second-order valence-electron chi connectivity index (χ2n) is 5.31. The minimum atomic E-state index is 0.103. The average molecular weight is 320 g/mol. The number of nitrogens with one attached hydrogen (secondary N) is 1. The van der Waals surface area contributed by atoms with Crippen LogP contribution in [0.15, 0.2) is 24.5 Å². The first-order valence-corrected chi connectivity index (χ1v) is 7.70. The Hall–Kier alpha value is -2.08. The molecular formula is C15H18ClN5O. The van der Waals surface area contributed by atoms with E-state index in [1.165, 1.54) is 0 Å². The van der Waals surface area contributed by atoms with Crippen LogP contribution in [-0.4, -0.2) is 45.7 Å². The van der Waals surface area contributed by atoms with Gasteiger partial charge in [-0.2, -0.15) is 0 Å². The number of carbonyl (C=O) groups is 1. The van der Waals surface area contributed by atoms with Crippen LogP contribution >= 0.6 is 11.6 Å². The summed E-state index contributed by atoms with van der Waals surface area (Å²) < 4.78 is 1.77. The highest BCUT2D eigenvalue weighted by Crippen LogP contribution is 2.29. The number of carbonyl (C=O) groups excluding carboxylic acids is 1. The molecule has 1 aliphatic heterocycles. The Morgan fingerprint density at radius 1 is 1.36 bits per heavy atom. The number of hydrogen-bond acceptors (Lipinski definition) is 4. The molecular weight excluding hydrogens is 302 g/mol. The number of halogens is 1. The molecule has 22 heavy (non-hydrogen) atoms. The highest BCUT2D eigenvalue weighted by atomic mass is 35.5. The fourth-order valence-electron chi connectivity index (χ4n) is 2.71. The zero-order valence-electron chi connectivity index (χ0n) is 12.4. The molecule has 1 aromatic heterocycles. The number of amides is 1. The predicted molar refractivity (Wildman–Crippen MR) is 85.8 cm³/mol. The molecule has 1 amide bonds. The lowest BCUT2D eigenvalue weighted by Crippen LogP contribution is -2.31. The molecule has 1 saturated heterocycles. The second kappa shape index (κ2) is 6.36. The summed E-state index contributed by atoms with van der Waals surface area (Å²) in [6, 6.07) is 5.53. The fraction of sp³-hybridized carbons (Fsp3) is 0.400. The Morgan fingerprint density at radius 2 is 2.14 bits per heavy atom. The van der Waals surface area contributed by atoms with Gasteiger partial charge >= 0.3 is 0 Å². The summed E-state index contributed by atoms with van der Waals surface area (Å²) in [5, 5.41) is 11.8. The number of aromatic nitrogens is 3. The molecule has 0 spiro atoms. The van der Waals surface area contributed by atoms with Crippen LogP contribution in [0, 0.1) is 0 Å². The Balaban J connectivity index is 1.89. The molecule has 6 nitrogen and oxygen atoms in total. The van der Waals surface area contributed by atoms with E-state index in [1.54, 1.807) is 10.9 Å². The van der Waals surface area contributed by atoms with Gasteiger partial charge in [-0.3, -0.25) is 4.79 Å². The number of benzene rings is 1. The van der Waals surface area contributed by atoms with Crippen molar-refractivity contribution in [1.82, 2.24) is 19.7 Å². The van der Waals surface area contributed by atoms with E-state index in [4.69, 9.17) is 11.6 Å². The Morgan fingerprint density at radius 3 is 2.86 bits per heavy atom. The van der Waals surface area contributed by atoms with Crippen molar-refractivity contribution in [3.63, 3.8) is 0 Å². The minimum Gasteiger partial charge on any atom is -0.388 e. The molecule has 2 aromatic rings. The van der Waals surface area contributed by atoms with Gasteiger partial charge in [-0.1, -0.05) is 11.6 Å². The lowest BCUT2D eigenvalue weighted by atomic mass is 10.1. The van der Waals surface area contributed by atoms with Gasteiger partial charge in [-0.25, -0.2) is 0 Å². The van der Waals surface area contributed by atoms with E-state index < -0.39 is 0 Å². The third-order valence-corrected chi connectivity index (χ3v) is 4.11. The van der Waals surface area contributed by atoms with Crippen LogP contribution in [0.3, 0.4) is 0 Å². The van der Waals surface area contributed by atoms with Crippen LogP contribution < -0.4 is 5.32 Å². The SMILES string of the molecule is CNc1ccc(Cl)cc1-c1nncn1CC(=O)N1CCCC1. The van der Waals surface area contributed by atoms with Crippen molar-refractivity contribution in [3.8, 4) is 11.4 Å². The predicted octanol–water partition coefficient (Wildman–Crippen LogP) is 2.26. The van der Waals surface area contributed by atoms with E-state index in [2.05, 4.69) is 15.5 Å². The summed E-state index contributed by atoms with van der Waals surface area (Å²) in [5.74, 6) is 0.742. The third-order valence-electron chi connectivity index (χ3n) is 3.87. The van der Waals surface area contributed by atoms with Gasteiger partial charge < -0.3 is 14.8 Å². The van der Waals surface area contributed by atoms with Crippen LogP contribution in [-0.2, 0) is 11.3 Å². The molecule has 0 unspecified atom stereocenters. The Labute approximate surface area is 134 Å². The molecule has 1 fully saturated rings. The number of rotatable bonds is 4.